The molecule has 1 aromatic rings. The Labute approximate surface area is 160 Å². The first-order valence-corrected chi connectivity index (χ1v) is 10.7. The number of rotatable bonds is 14. The van der Waals surface area contributed by atoms with E-state index < -0.39 is 6.16 Å². The van der Waals surface area contributed by atoms with Crippen molar-refractivity contribution in [2.24, 2.45) is 0 Å². The largest absolute Gasteiger partial charge is 0.513 e. The van der Waals surface area contributed by atoms with Gasteiger partial charge in [-0.3, -0.25) is 0 Å². The minimum atomic E-state index is -0.573. The molecule has 0 amide bonds. The van der Waals surface area contributed by atoms with Crippen molar-refractivity contribution in [2.45, 2.75) is 97.8 Å². The van der Waals surface area contributed by atoms with Crippen molar-refractivity contribution in [1.82, 2.24) is 0 Å². The van der Waals surface area contributed by atoms with Crippen LogP contribution in [-0.4, -0.2) is 12.8 Å². The van der Waals surface area contributed by atoms with E-state index in [1.54, 1.807) is 0 Å². The standard InChI is InChI=1S/C23H38O3/c1-4-7-10-12-15-20-16-14-18-22(21(20)17-13-11-8-5-2)26-23(24)25-19-9-6-3/h14,16,18H,4-13,15,17,19H2,1-3H3. The lowest BCUT2D eigenvalue weighted by atomic mass is 9.96. The molecule has 3 nitrogen and oxygen atoms in total. The lowest BCUT2D eigenvalue weighted by molar-refractivity contribution is 0.0974. The fourth-order valence-electron chi connectivity index (χ4n) is 3.11. The first kappa shape index (κ1) is 22.5. The molecule has 0 heterocycles. The lowest BCUT2D eigenvalue weighted by Crippen LogP contribution is -2.13. The van der Waals surface area contributed by atoms with Gasteiger partial charge in [-0.05, 0) is 49.3 Å². The summed E-state index contributed by atoms with van der Waals surface area (Å²) in [7, 11) is 0. The van der Waals surface area contributed by atoms with E-state index in [1.165, 1.54) is 56.1 Å². The van der Waals surface area contributed by atoms with Crippen LogP contribution < -0.4 is 4.74 Å². The van der Waals surface area contributed by atoms with Gasteiger partial charge in [0.05, 0.1) is 6.61 Å². The molecule has 0 atom stereocenters. The molecule has 0 unspecified atom stereocenters. The number of carbonyl (C=O) groups excluding carboxylic acids is 1. The van der Waals surface area contributed by atoms with Crippen molar-refractivity contribution in [2.75, 3.05) is 6.61 Å². The Balaban J connectivity index is 2.76. The van der Waals surface area contributed by atoms with Crippen LogP contribution in [0, 0.1) is 0 Å². The van der Waals surface area contributed by atoms with Gasteiger partial charge < -0.3 is 9.47 Å². The molecule has 0 aliphatic rings. The maximum Gasteiger partial charge on any atom is 0.513 e. The van der Waals surface area contributed by atoms with Crippen LogP contribution in [-0.2, 0) is 17.6 Å². The lowest BCUT2D eigenvalue weighted by Gasteiger charge is -2.15. The van der Waals surface area contributed by atoms with E-state index in [4.69, 9.17) is 9.47 Å². The molecule has 0 aliphatic carbocycles. The van der Waals surface area contributed by atoms with Gasteiger partial charge in [-0.25, -0.2) is 4.79 Å². The molecule has 0 spiro atoms. The quantitative estimate of drug-likeness (QED) is 0.199. The van der Waals surface area contributed by atoms with Crippen LogP contribution in [0.2, 0.25) is 0 Å². The van der Waals surface area contributed by atoms with E-state index in [0.717, 1.165) is 32.1 Å². The van der Waals surface area contributed by atoms with Gasteiger partial charge in [-0.1, -0.05) is 77.8 Å². The van der Waals surface area contributed by atoms with Gasteiger partial charge in [0.2, 0.25) is 0 Å². The summed E-state index contributed by atoms with van der Waals surface area (Å²) in [5, 5.41) is 0. The highest BCUT2D eigenvalue weighted by molar-refractivity contribution is 5.65. The Kier molecular flexibility index (Phi) is 12.7. The second kappa shape index (κ2) is 14.6. The molecule has 148 valence electrons. The second-order valence-electron chi connectivity index (χ2n) is 7.07. The second-order valence-corrected chi connectivity index (χ2v) is 7.07. The summed E-state index contributed by atoms with van der Waals surface area (Å²) in [6.07, 6.45) is 13.2. The van der Waals surface area contributed by atoms with E-state index in [2.05, 4.69) is 26.8 Å². The number of ether oxygens (including phenoxy) is 2. The molecular weight excluding hydrogens is 324 g/mol. The van der Waals surface area contributed by atoms with Crippen LogP contribution in [0.1, 0.15) is 96.1 Å². The van der Waals surface area contributed by atoms with E-state index in [0.29, 0.717) is 12.4 Å². The molecule has 0 aliphatic heterocycles. The van der Waals surface area contributed by atoms with Crippen molar-refractivity contribution < 1.29 is 14.3 Å². The van der Waals surface area contributed by atoms with Gasteiger partial charge in [0.25, 0.3) is 0 Å². The summed E-state index contributed by atoms with van der Waals surface area (Å²) in [4.78, 5) is 12.0. The molecule has 0 radical (unpaired) electrons. The maximum absolute atomic E-state index is 12.0. The van der Waals surface area contributed by atoms with Crippen LogP contribution in [0.25, 0.3) is 0 Å². The van der Waals surface area contributed by atoms with Crippen molar-refractivity contribution in [1.29, 1.82) is 0 Å². The Bertz CT molecular complexity index is 496. The highest BCUT2D eigenvalue weighted by Gasteiger charge is 2.14. The van der Waals surface area contributed by atoms with Gasteiger partial charge in [-0.2, -0.15) is 0 Å². The first-order valence-electron chi connectivity index (χ1n) is 10.7. The normalized spacial score (nSPS) is 10.7. The minimum absolute atomic E-state index is 0.428. The molecular formula is C23H38O3. The molecule has 26 heavy (non-hydrogen) atoms. The zero-order chi connectivity index (χ0) is 19.0. The van der Waals surface area contributed by atoms with E-state index >= 15 is 0 Å². The summed E-state index contributed by atoms with van der Waals surface area (Å²) in [6.45, 7) is 6.96. The summed E-state index contributed by atoms with van der Waals surface area (Å²) in [5.41, 5.74) is 2.53. The molecule has 1 rings (SSSR count). The third-order valence-electron chi connectivity index (χ3n) is 4.72. The summed E-state index contributed by atoms with van der Waals surface area (Å²) in [6, 6.07) is 6.10. The minimum Gasteiger partial charge on any atom is -0.434 e. The Morgan fingerprint density at radius 1 is 0.808 bits per heavy atom. The van der Waals surface area contributed by atoms with Crippen LogP contribution in [0.5, 0.6) is 5.75 Å². The molecule has 0 bridgehead atoms. The average molecular weight is 363 g/mol. The predicted octanol–water partition coefficient (Wildman–Crippen LogP) is 7.25. The van der Waals surface area contributed by atoms with Gasteiger partial charge >= 0.3 is 6.16 Å². The molecule has 0 N–H and O–H groups in total. The van der Waals surface area contributed by atoms with Gasteiger partial charge in [0.1, 0.15) is 5.75 Å². The molecule has 0 fully saturated rings. The van der Waals surface area contributed by atoms with Crippen molar-refractivity contribution >= 4 is 6.16 Å². The summed E-state index contributed by atoms with van der Waals surface area (Å²) >= 11 is 0. The maximum atomic E-state index is 12.0. The van der Waals surface area contributed by atoms with Crippen LogP contribution in [0.4, 0.5) is 4.79 Å². The number of hydrogen-bond acceptors (Lipinski definition) is 3. The monoisotopic (exact) mass is 362 g/mol. The highest BCUT2D eigenvalue weighted by Crippen LogP contribution is 2.27. The van der Waals surface area contributed by atoms with E-state index in [1.807, 2.05) is 12.1 Å². The third-order valence-corrected chi connectivity index (χ3v) is 4.72. The fraction of sp³-hybridized carbons (Fsp3) is 0.696. The van der Waals surface area contributed by atoms with Crippen molar-refractivity contribution in [3.8, 4) is 5.75 Å². The van der Waals surface area contributed by atoms with Crippen LogP contribution in [0.15, 0.2) is 18.2 Å². The smallest absolute Gasteiger partial charge is 0.434 e. The predicted molar refractivity (Wildman–Crippen MR) is 109 cm³/mol. The van der Waals surface area contributed by atoms with Gasteiger partial charge in [0, 0.05) is 0 Å². The number of unbranched alkanes of at least 4 members (excludes halogenated alkanes) is 7. The van der Waals surface area contributed by atoms with Crippen molar-refractivity contribution in [3.63, 3.8) is 0 Å². The van der Waals surface area contributed by atoms with Crippen LogP contribution >= 0.6 is 0 Å². The Morgan fingerprint density at radius 2 is 1.46 bits per heavy atom. The number of carbonyl (C=O) groups is 1. The van der Waals surface area contributed by atoms with Gasteiger partial charge in [-0.15, -0.1) is 0 Å². The number of benzene rings is 1. The van der Waals surface area contributed by atoms with Crippen molar-refractivity contribution in [3.05, 3.63) is 29.3 Å². The summed E-state index contributed by atoms with van der Waals surface area (Å²) in [5.74, 6) is 0.691. The van der Waals surface area contributed by atoms with E-state index in [9.17, 15) is 4.79 Å². The molecule has 0 saturated carbocycles. The van der Waals surface area contributed by atoms with Crippen LogP contribution in [0.3, 0.4) is 0 Å². The fourth-order valence-corrected chi connectivity index (χ4v) is 3.11. The molecule has 1 aromatic carbocycles. The number of aryl methyl sites for hydroxylation is 1. The Morgan fingerprint density at radius 3 is 2.12 bits per heavy atom. The molecule has 0 saturated heterocycles. The molecule has 0 aromatic heterocycles. The highest BCUT2D eigenvalue weighted by atomic mass is 16.7. The van der Waals surface area contributed by atoms with Gasteiger partial charge in [0.15, 0.2) is 0 Å². The topological polar surface area (TPSA) is 35.5 Å². The SMILES string of the molecule is CCCCCCc1cccc(OC(=O)OCCCC)c1CCCCCC. The summed E-state index contributed by atoms with van der Waals surface area (Å²) < 4.78 is 10.7. The number of hydrogen-bond donors (Lipinski definition) is 0. The first-order chi connectivity index (χ1) is 12.7. The third kappa shape index (κ3) is 9.26. The van der Waals surface area contributed by atoms with E-state index in [-0.39, 0.29) is 0 Å². The molecule has 3 heteroatoms. The average Bonchev–Trinajstić information content (AvgIpc) is 2.64. The Hall–Kier alpha value is -1.51. The zero-order valence-electron chi connectivity index (χ0n) is 17.1. The zero-order valence-corrected chi connectivity index (χ0v) is 17.1.